The summed E-state index contributed by atoms with van der Waals surface area (Å²) in [5.74, 6) is -1.07. The maximum Gasteiger partial charge on any atom is 0.326 e. The Morgan fingerprint density at radius 1 is 1.12 bits per heavy atom. The predicted octanol–water partition coefficient (Wildman–Crippen LogP) is 3.01. The third-order valence-electron chi connectivity index (χ3n) is 3.38. The molecule has 0 bridgehead atoms. The molecule has 3 rings (SSSR count). The summed E-state index contributed by atoms with van der Waals surface area (Å²) in [5, 5.41) is 7.02. The van der Waals surface area contributed by atoms with Gasteiger partial charge in [-0.2, -0.15) is 4.98 Å². The predicted molar refractivity (Wildman–Crippen MR) is 90.3 cm³/mol. The first kappa shape index (κ1) is 15.6. The van der Waals surface area contributed by atoms with Crippen molar-refractivity contribution in [2.75, 3.05) is 16.4 Å². The van der Waals surface area contributed by atoms with Gasteiger partial charge in [-0.05, 0) is 37.4 Å². The summed E-state index contributed by atoms with van der Waals surface area (Å²) in [6, 6.07) is 6.81. The Hall–Kier alpha value is -3.29. The number of fused-ring (bicyclic) bond motifs is 1. The summed E-state index contributed by atoms with van der Waals surface area (Å²) in [4.78, 5) is 23.8. The molecule has 0 saturated carbocycles. The standard InChI is InChI=1S/C16H15FN6O/c1-8-5-11-6-12(4-3-10(11)7-19-8)21-16(24)23-15-20-9(2)13(17)14(18)22-15/h3-7H,1-2H3,(H4,18,20,21,22,23,24). The summed E-state index contributed by atoms with van der Waals surface area (Å²) >= 11 is 0. The van der Waals surface area contributed by atoms with Crippen molar-refractivity contribution in [2.45, 2.75) is 13.8 Å². The third kappa shape index (κ3) is 3.22. The van der Waals surface area contributed by atoms with Crippen LogP contribution in [0.15, 0.2) is 30.5 Å². The SMILES string of the molecule is Cc1cc2cc(NC(=O)Nc3nc(C)c(F)c(N)n3)ccc2cn1. The minimum atomic E-state index is -0.695. The van der Waals surface area contributed by atoms with E-state index < -0.39 is 11.8 Å². The first-order valence-corrected chi connectivity index (χ1v) is 7.16. The van der Waals surface area contributed by atoms with Crippen molar-refractivity contribution in [3.8, 4) is 0 Å². The van der Waals surface area contributed by atoms with Crippen LogP contribution in [0.1, 0.15) is 11.4 Å². The summed E-state index contributed by atoms with van der Waals surface area (Å²) in [7, 11) is 0. The van der Waals surface area contributed by atoms with Crippen LogP contribution in [0.3, 0.4) is 0 Å². The zero-order valence-corrected chi connectivity index (χ0v) is 13.1. The molecule has 0 unspecified atom stereocenters. The van der Waals surface area contributed by atoms with Gasteiger partial charge in [0.15, 0.2) is 11.6 Å². The molecule has 7 nitrogen and oxygen atoms in total. The zero-order valence-electron chi connectivity index (χ0n) is 13.1. The summed E-state index contributed by atoms with van der Waals surface area (Å²) in [5.41, 5.74) is 6.96. The number of anilines is 3. The number of urea groups is 1. The first-order chi connectivity index (χ1) is 11.4. The smallest absolute Gasteiger partial charge is 0.326 e. The van der Waals surface area contributed by atoms with Crippen molar-refractivity contribution in [2.24, 2.45) is 0 Å². The van der Waals surface area contributed by atoms with E-state index in [4.69, 9.17) is 5.73 Å². The van der Waals surface area contributed by atoms with Gasteiger partial charge < -0.3 is 11.1 Å². The van der Waals surface area contributed by atoms with Crippen LogP contribution in [0.25, 0.3) is 10.8 Å². The van der Waals surface area contributed by atoms with Gasteiger partial charge in [-0.25, -0.2) is 14.2 Å². The normalized spacial score (nSPS) is 10.6. The van der Waals surface area contributed by atoms with E-state index in [1.165, 1.54) is 6.92 Å². The minimum absolute atomic E-state index is 0.0616. The highest BCUT2D eigenvalue weighted by Gasteiger charge is 2.11. The third-order valence-corrected chi connectivity index (χ3v) is 3.38. The number of carbonyl (C=O) groups is 1. The van der Waals surface area contributed by atoms with Gasteiger partial charge in [-0.3, -0.25) is 10.3 Å². The van der Waals surface area contributed by atoms with E-state index >= 15 is 0 Å². The lowest BCUT2D eigenvalue weighted by Crippen LogP contribution is -2.21. The summed E-state index contributed by atoms with van der Waals surface area (Å²) in [6.07, 6.45) is 1.77. The second-order valence-corrected chi connectivity index (χ2v) is 5.30. The molecule has 2 amide bonds. The van der Waals surface area contributed by atoms with E-state index in [2.05, 4.69) is 25.6 Å². The van der Waals surface area contributed by atoms with Crippen molar-refractivity contribution in [1.29, 1.82) is 0 Å². The van der Waals surface area contributed by atoms with Gasteiger partial charge in [-0.1, -0.05) is 6.07 Å². The number of aryl methyl sites for hydroxylation is 2. The average molecular weight is 326 g/mol. The molecule has 0 spiro atoms. The molecule has 1 aromatic carbocycles. The number of nitrogen functional groups attached to an aromatic ring is 1. The average Bonchev–Trinajstić information content (AvgIpc) is 2.52. The summed E-state index contributed by atoms with van der Waals surface area (Å²) < 4.78 is 13.4. The molecule has 2 aromatic heterocycles. The lowest BCUT2D eigenvalue weighted by atomic mass is 10.1. The zero-order chi connectivity index (χ0) is 17.3. The van der Waals surface area contributed by atoms with E-state index in [1.54, 1.807) is 12.3 Å². The molecular formula is C16H15FN6O. The fraction of sp³-hybridized carbons (Fsp3) is 0.125. The van der Waals surface area contributed by atoms with Crippen molar-refractivity contribution in [1.82, 2.24) is 15.0 Å². The van der Waals surface area contributed by atoms with E-state index in [-0.39, 0.29) is 17.5 Å². The van der Waals surface area contributed by atoms with Crippen LogP contribution in [-0.4, -0.2) is 21.0 Å². The molecule has 8 heteroatoms. The largest absolute Gasteiger partial charge is 0.381 e. The highest BCUT2D eigenvalue weighted by Crippen LogP contribution is 2.19. The van der Waals surface area contributed by atoms with Crippen molar-refractivity contribution in [3.05, 3.63) is 47.7 Å². The molecule has 24 heavy (non-hydrogen) atoms. The summed E-state index contributed by atoms with van der Waals surface area (Å²) in [6.45, 7) is 3.33. The van der Waals surface area contributed by atoms with Gasteiger partial charge in [0, 0.05) is 23.0 Å². The molecule has 0 fully saturated rings. The van der Waals surface area contributed by atoms with Gasteiger partial charge in [0.25, 0.3) is 0 Å². The van der Waals surface area contributed by atoms with Crippen LogP contribution in [0, 0.1) is 19.7 Å². The van der Waals surface area contributed by atoms with Crippen LogP contribution < -0.4 is 16.4 Å². The quantitative estimate of drug-likeness (QED) is 0.671. The van der Waals surface area contributed by atoms with Crippen LogP contribution >= 0.6 is 0 Å². The van der Waals surface area contributed by atoms with E-state index in [0.717, 1.165) is 16.5 Å². The van der Waals surface area contributed by atoms with Gasteiger partial charge in [-0.15, -0.1) is 0 Å². The monoisotopic (exact) mass is 326 g/mol. The number of hydrogen-bond donors (Lipinski definition) is 3. The van der Waals surface area contributed by atoms with Gasteiger partial charge in [0.1, 0.15) is 0 Å². The molecule has 0 aliphatic heterocycles. The van der Waals surface area contributed by atoms with Crippen LogP contribution in [0.4, 0.5) is 26.6 Å². The van der Waals surface area contributed by atoms with Crippen molar-refractivity contribution in [3.63, 3.8) is 0 Å². The highest BCUT2D eigenvalue weighted by molar-refractivity contribution is 6.00. The van der Waals surface area contributed by atoms with Gasteiger partial charge in [0.2, 0.25) is 5.95 Å². The number of nitrogens with one attached hydrogen (secondary N) is 2. The number of pyridine rings is 1. The Kier molecular flexibility index (Phi) is 3.95. The lowest BCUT2D eigenvalue weighted by Gasteiger charge is -2.09. The maximum atomic E-state index is 13.4. The van der Waals surface area contributed by atoms with E-state index in [0.29, 0.717) is 5.69 Å². The van der Waals surface area contributed by atoms with E-state index in [1.807, 2.05) is 25.1 Å². The maximum absolute atomic E-state index is 13.4. The molecule has 0 saturated heterocycles. The molecule has 0 aliphatic rings. The molecule has 3 aromatic rings. The first-order valence-electron chi connectivity index (χ1n) is 7.16. The van der Waals surface area contributed by atoms with Crippen LogP contribution in [0.5, 0.6) is 0 Å². The van der Waals surface area contributed by atoms with E-state index in [9.17, 15) is 9.18 Å². The number of amides is 2. The number of nitrogens with zero attached hydrogens (tertiary/aromatic N) is 3. The lowest BCUT2D eigenvalue weighted by molar-refractivity contribution is 0.262. The molecular weight excluding hydrogens is 311 g/mol. The molecule has 0 atom stereocenters. The Bertz CT molecular complexity index is 920. The number of hydrogen-bond acceptors (Lipinski definition) is 5. The van der Waals surface area contributed by atoms with Crippen molar-refractivity contribution >= 4 is 34.3 Å². The Morgan fingerprint density at radius 2 is 1.92 bits per heavy atom. The number of nitrogens with two attached hydrogens (primary N) is 1. The fourth-order valence-corrected chi connectivity index (χ4v) is 2.23. The van der Waals surface area contributed by atoms with Gasteiger partial charge in [0.05, 0.1) is 5.69 Å². The van der Waals surface area contributed by atoms with Crippen molar-refractivity contribution < 1.29 is 9.18 Å². The fourth-order valence-electron chi connectivity index (χ4n) is 2.23. The van der Waals surface area contributed by atoms with Crippen LogP contribution in [-0.2, 0) is 0 Å². The minimum Gasteiger partial charge on any atom is -0.381 e. The number of halogens is 1. The molecule has 122 valence electrons. The van der Waals surface area contributed by atoms with Crippen LogP contribution in [0.2, 0.25) is 0 Å². The second-order valence-electron chi connectivity index (χ2n) is 5.30. The Labute approximate surface area is 137 Å². The Morgan fingerprint density at radius 3 is 2.67 bits per heavy atom. The number of aromatic nitrogens is 3. The second kappa shape index (κ2) is 6.07. The number of rotatable bonds is 2. The molecule has 4 N–H and O–H groups in total. The van der Waals surface area contributed by atoms with Gasteiger partial charge >= 0.3 is 6.03 Å². The molecule has 0 radical (unpaired) electrons. The topological polar surface area (TPSA) is 106 Å². The number of carbonyl (C=O) groups excluding carboxylic acids is 1. The number of benzene rings is 1. The Balaban J connectivity index is 1.77. The highest BCUT2D eigenvalue weighted by atomic mass is 19.1. The molecule has 0 aliphatic carbocycles. The molecule has 2 heterocycles.